The lowest BCUT2D eigenvalue weighted by Crippen LogP contribution is -1.88. The minimum absolute atomic E-state index is 0.790. The third-order valence-corrected chi connectivity index (χ3v) is 2.37. The second-order valence-corrected chi connectivity index (χ2v) is 3.67. The van der Waals surface area contributed by atoms with Crippen LogP contribution < -0.4 is 0 Å². The van der Waals surface area contributed by atoms with E-state index in [1.54, 1.807) is 0 Å². The van der Waals surface area contributed by atoms with Crippen molar-refractivity contribution in [2.75, 3.05) is 0 Å². The van der Waals surface area contributed by atoms with Crippen molar-refractivity contribution in [1.29, 1.82) is 0 Å². The summed E-state index contributed by atoms with van der Waals surface area (Å²) in [5, 5.41) is 3.72. The quantitative estimate of drug-likeness (QED) is 0.598. The summed E-state index contributed by atoms with van der Waals surface area (Å²) in [6.45, 7) is 2.24. The van der Waals surface area contributed by atoms with E-state index in [2.05, 4.69) is 28.0 Å². The number of aryl methyl sites for hydroxylation is 1. The highest BCUT2D eigenvalue weighted by Crippen LogP contribution is 2.08. The van der Waals surface area contributed by atoms with E-state index in [1.165, 1.54) is 44.9 Å². The fourth-order valence-corrected chi connectivity index (χ4v) is 1.51. The van der Waals surface area contributed by atoms with Gasteiger partial charge in [0.25, 0.3) is 0 Å². The van der Waals surface area contributed by atoms with Crippen LogP contribution in [-0.4, -0.2) is 10.1 Å². The van der Waals surface area contributed by atoms with Crippen molar-refractivity contribution >= 4 is 0 Å². The van der Waals surface area contributed by atoms with E-state index in [1.807, 2.05) is 0 Å². The first-order valence-electron chi connectivity index (χ1n) is 5.62. The molecule has 0 aliphatic carbocycles. The van der Waals surface area contributed by atoms with Gasteiger partial charge in [-0.2, -0.15) is 4.98 Å². The Hall–Kier alpha value is -0.860. The lowest BCUT2D eigenvalue weighted by Gasteiger charge is -1.98. The smallest absolute Gasteiger partial charge is 0.316 e. The fourth-order valence-electron chi connectivity index (χ4n) is 1.51. The number of unbranched alkanes of at least 4 members (excludes halogenated alkanes) is 6. The van der Waals surface area contributed by atoms with Crippen LogP contribution >= 0.6 is 0 Å². The summed E-state index contributed by atoms with van der Waals surface area (Å²) >= 11 is 0. The Morgan fingerprint density at radius 3 is 2.43 bits per heavy atom. The SMILES string of the molecule is CCCCCCCCCc1n[c]on1. The lowest BCUT2D eigenvalue weighted by molar-refractivity contribution is 0.402. The normalized spacial score (nSPS) is 10.6. The molecule has 1 aromatic heterocycles. The molecule has 0 aliphatic heterocycles. The second-order valence-electron chi connectivity index (χ2n) is 3.67. The van der Waals surface area contributed by atoms with Crippen molar-refractivity contribution in [2.24, 2.45) is 0 Å². The maximum absolute atomic E-state index is 4.54. The maximum atomic E-state index is 4.54. The third-order valence-electron chi connectivity index (χ3n) is 2.37. The Labute approximate surface area is 85.9 Å². The van der Waals surface area contributed by atoms with E-state index in [0.29, 0.717) is 0 Å². The molecule has 0 aliphatic rings. The van der Waals surface area contributed by atoms with Gasteiger partial charge < -0.3 is 4.52 Å². The van der Waals surface area contributed by atoms with E-state index in [-0.39, 0.29) is 0 Å². The highest BCUT2D eigenvalue weighted by atomic mass is 16.5. The number of rotatable bonds is 8. The van der Waals surface area contributed by atoms with Crippen LogP contribution in [0.15, 0.2) is 4.52 Å². The molecule has 0 bridgehead atoms. The molecular formula is C11H19N2O. The van der Waals surface area contributed by atoms with Gasteiger partial charge in [-0.15, -0.1) is 0 Å². The molecule has 0 atom stereocenters. The average Bonchev–Trinajstić information content (AvgIpc) is 2.69. The van der Waals surface area contributed by atoms with Crippen molar-refractivity contribution in [2.45, 2.75) is 58.3 Å². The number of nitrogens with zero attached hydrogens (tertiary/aromatic N) is 2. The minimum Gasteiger partial charge on any atom is -0.329 e. The van der Waals surface area contributed by atoms with Gasteiger partial charge in [-0.25, -0.2) is 0 Å². The molecule has 0 N–H and O–H groups in total. The van der Waals surface area contributed by atoms with Crippen LogP contribution in [0.25, 0.3) is 0 Å². The highest BCUT2D eigenvalue weighted by molar-refractivity contribution is 4.76. The highest BCUT2D eigenvalue weighted by Gasteiger charge is 1.97. The Balaban J connectivity index is 1.85. The number of hydrogen-bond acceptors (Lipinski definition) is 3. The molecule has 0 fully saturated rings. The molecule has 0 unspecified atom stereocenters. The van der Waals surface area contributed by atoms with Crippen molar-refractivity contribution in [3.63, 3.8) is 0 Å². The van der Waals surface area contributed by atoms with Gasteiger partial charge >= 0.3 is 6.39 Å². The summed E-state index contributed by atoms with van der Waals surface area (Å²) in [5.41, 5.74) is 0. The number of aromatic nitrogens is 2. The van der Waals surface area contributed by atoms with Crippen LogP contribution in [0, 0.1) is 6.39 Å². The van der Waals surface area contributed by atoms with Crippen LogP contribution in [0.2, 0.25) is 0 Å². The summed E-state index contributed by atoms with van der Waals surface area (Å²) in [4.78, 5) is 3.86. The fraction of sp³-hybridized carbons (Fsp3) is 0.818. The monoisotopic (exact) mass is 195 g/mol. The van der Waals surface area contributed by atoms with Crippen LogP contribution in [0.3, 0.4) is 0 Å². The van der Waals surface area contributed by atoms with Crippen molar-refractivity contribution in [3.8, 4) is 0 Å². The first-order valence-corrected chi connectivity index (χ1v) is 5.62. The van der Waals surface area contributed by atoms with E-state index < -0.39 is 0 Å². The van der Waals surface area contributed by atoms with Gasteiger partial charge in [0.1, 0.15) is 0 Å². The Bertz CT molecular complexity index is 209. The van der Waals surface area contributed by atoms with Gasteiger partial charge in [-0.1, -0.05) is 50.6 Å². The summed E-state index contributed by atoms with van der Waals surface area (Å²) in [5.74, 6) is 0.790. The molecular weight excluding hydrogens is 176 g/mol. The summed E-state index contributed by atoms with van der Waals surface area (Å²) in [6.07, 6.45) is 12.5. The van der Waals surface area contributed by atoms with Gasteiger partial charge in [0, 0.05) is 6.42 Å². The average molecular weight is 195 g/mol. The molecule has 0 spiro atoms. The summed E-state index contributed by atoms with van der Waals surface area (Å²) < 4.78 is 4.54. The van der Waals surface area contributed by atoms with E-state index in [4.69, 9.17) is 0 Å². The van der Waals surface area contributed by atoms with Crippen LogP contribution in [0.4, 0.5) is 0 Å². The Morgan fingerprint density at radius 1 is 1.07 bits per heavy atom. The first-order chi connectivity index (χ1) is 6.93. The Morgan fingerprint density at radius 2 is 1.79 bits per heavy atom. The minimum atomic E-state index is 0.790. The third kappa shape index (κ3) is 5.00. The summed E-state index contributed by atoms with van der Waals surface area (Å²) in [6, 6.07) is 0. The second kappa shape index (κ2) is 7.54. The molecule has 0 saturated heterocycles. The van der Waals surface area contributed by atoms with Crippen LogP contribution in [0.1, 0.15) is 57.7 Å². The van der Waals surface area contributed by atoms with Crippen molar-refractivity contribution in [1.82, 2.24) is 10.1 Å². The molecule has 1 radical (unpaired) electrons. The standard InChI is InChI=1S/C11H19N2O/c1-2-3-4-5-6-7-8-9-11-12-10-14-13-11/h2-9H2,1H3. The molecule has 1 aromatic rings. The van der Waals surface area contributed by atoms with Gasteiger partial charge in [-0.05, 0) is 6.42 Å². The zero-order valence-electron chi connectivity index (χ0n) is 8.96. The van der Waals surface area contributed by atoms with Crippen molar-refractivity contribution < 1.29 is 4.52 Å². The predicted octanol–water partition coefficient (Wildman–Crippen LogP) is 3.16. The zero-order chi connectivity index (χ0) is 10.1. The molecule has 0 amide bonds. The topological polar surface area (TPSA) is 38.9 Å². The molecule has 1 heterocycles. The molecule has 0 aromatic carbocycles. The van der Waals surface area contributed by atoms with Crippen LogP contribution in [0.5, 0.6) is 0 Å². The van der Waals surface area contributed by atoms with E-state index in [0.717, 1.165) is 12.2 Å². The predicted molar refractivity (Wildman–Crippen MR) is 54.8 cm³/mol. The molecule has 1 rings (SSSR count). The van der Waals surface area contributed by atoms with E-state index >= 15 is 0 Å². The zero-order valence-corrected chi connectivity index (χ0v) is 8.96. The molecule has 0 saturated carbocycles. The first kappa shape index (κ1) is 11.2. The van der Waals surface area contributed by atoms with Gasteiger partial charge in [-0.3, -0.25) is 0 Å². The lowest BCUT2D eigenvalue weighted by atomic mass is 10.1. The Kier molecular flexibility index (Phi) is 6.04. The molecule has 3 nitrogen and oxygen atoms in total. The largest absolute Gasteiger partial charge is 0.329 e. The number of hydrogen-bond donors (Lipinski definition) is 0. The molecule has 79 valence electrons. The van der Waals surface area contributed by atoms with Gasteiger partial charge in [0.05, 0.1) is 0 Å². The summed E-state index contributed by atoms with van der Waals surface area (Å²) in [7, 11) is 0. The van der Waals surface area contributed by atoms with Crippen LogP contribution in [-0.2, 0) is 6.42 Å². The van der Waals surface area contributed by atoms with Crippen molar-refractivity contribution in [3.05, 3.63) is 12.2 Å². The molecule has 14 heavy (non-hydrogen) atoms. The van der Waals surface area contributed by atoms with E-state index in [9.17, 15) is 0 Å². The molecule has 3 heteroatoms. The maximum Gasteiger partial charge on any atom is 0.316 e. The van der Waals surface area contributed by atoms with Gasteiger partial charge in [0.2, 0.25) is 0 Å². The van der Waals surface area contributed by atoms with Gasteiger partial charge in [0.15, 0.2) is 5.82 Å².